The van der Waals surface area contributed by atoms with E-state index in [9.17, 15) is 4.79 Å². The fraction of sp³-hybridized carbons (Fsp3) is 0. The second-order valence-corrected chi connectivity index (χ2v) is 5.58. The van der Waals surface area contributed by atoms with E-state index in [1.54, 1.807) is 53.5 Å². The molecule has 0 spiro atoms. The van der Waals surface area contributed by atoms with E-state index in [-0.39, 0.29) is 5.91 Å². The van der Waals surface area contributed by atoms with Gasteiger partial charge in [0.25, 0.3) is 5.91 Å². The van der Waals surface area contributed by atoms with Crippen LogP contribution in [-0.2, 0) is 0 Å². The van der Waals surface area contributed by atoms with Crippen LogP contribution >= 0.6 is 0 Å². The smallest absolute Gasteiger partial charge is 0.274 e. The molecule has 0 fully saturated rings. The van der Waals surface area contributed by atoms with Gasteiger partial charge >= 0.3 is 0 Å². The highest BCUT2D eigenvalue weighted by atomic mass is 16.1. The molecule has 1 aromatic carbocycles. The normalized spacial score (nSPS) is 10.4. The average Bonchev–Trinajstić information content (AvgIpc) is 3.25. The minimum Gasteiger partial charge on any atom is -0.340 e. The number of rotatable bonds is 5. The first-order chi connectivity index (χ1) is 13.3. The number of benzene rings is 1. The van der Waals surface area contributed by atoms with Gasteiger partial charge in [0.1, 0.15) is 17.8 Å². The van der Waals surface area contributed by atoms with Gasteiger partial charge in [-0.15, -0.1) is 0 Å². The molecular formula is C19H15N7O. The molecule has 4 rings (SSSR count). The molecular weight excluding hydrogens is 342 g/mol. The Balaban J connectivity index is 1.44. The molecule has 132 valence electrons. The predicted molar refractivity (Wildman–Crippen MR) is 101 cm³/mol. The fourth-order valence-corrected chi connectivity index (χ4v) is 2.42. The number of carbonyl (C=O) groups excluding carboxylic acids is 1. The molecule has 0 unspecified atom stereocenters. The molecule has 0 aliphatic heterocycles. The quantitative estimate of drug-likeness (QED) is 0.570. The molecule has 0 aliphatic carbocycles. The minimum atomic E-state index is -0.254. The third-order valence-corrected chi connectivity index (χ3v) is 3.70. The number of nitrogens with zero attached hydrogens (tertiary/aromatic N) is 5. The van der Waals surface area contributed by atoms with Crippen molar-refractivity contribution in [3.63, 3.8) is 0 Å². The molecule has 0 aliphatic rings. The van der Waals surface area contributed by atoms with Crippen LogP contribution in [-0.4, -0.2) is 30.6 Å². The molecule has 1 amide bonds. The van der Waals surface area contributed by atoms with Gasteiger partial charge in [0.15, 0.2) is 5.82 Å². The number of hydrogen-bond donors (Lipinski definition) is 2. The van der Waals surface area contributed by atoms with Crippen LogP contribution in [0.15, 0.2) is 79.5 Å². The topological polar surface area (TPSA) is 97.6 Å². The van der Waals surface area contributed by atoms with Gasteiger partial charge in [-0.1, -0.05) is 6.07 Å². The number of aromatic nitrogens is 5. The van der Waals surface area contributed by atoms with Crippen molar-refractivity contribution in [3.8, 4) is 5.82 Å². The molecule has 8 heteroatoms. The summed E-state index contributed by atoms with van der Waals surface area (Å²) in [4.78, 5) is 24.6. The molecule has 0 atom stereocenters. The number of carbonyl (C=O) groups is 1. The zero-order valence-electron chi connectivity index (χ0n) is 14.1. The lowest BCUT2D eigenvalue weighted by Gasteiger charge is -2.09. The summed E-state index contributed by atoms with van der Waals surface area (Å²) in [5.41, 5.74) is 1.87. The summed E-state index contributed by atoms with van der Waals surface area (Å²) in [6.45, 7) is 0. The third-order valence-electron chi connectivity index (χ3n) is 3.70. The summed E-state index contributed by atoms with van der Waals surface area (Å²) in [5, 5.41) is 10.2. The van der Waals surface area contributed by atoms with Crippen molar-refractivity contribution in [2.45, 2.75) is 0 Å². The van der Waals surface area contributed by atoms with E-state index in [4.69, 9.17) is 0 Å². The Labute approximate surface area is 154 Å². The zero-order valence-corrected chi connectivity index (χ0v) is 14.1. The van der Waals surface area contributed by atoms with Crippen LogP contribution in [0.25, 0.3) is 5.82 Å². The molecule has 0 bridgehead atoms. The van der Waals surface area contributed by atoms with Crippen LogP contribution in [0.3, 0.4) is 0 Å². The number of anilines is 3. The highest BCUT2D eigenvalue weighted by molar-refractivity contribution is 6.02. The lowest BCUT2D eigenvalue weighted by molar-refractivity contribution is 0.102. The lowest BCUT2D eigenvalue weighted by Crippen LogP contribution is -2.13. The first kappa shape index (κ1) is 16.4. The number of pyridine rings is 1. The van der Waals surface area contributed by atoms with Gasteiger partial charge in [0.05, 0.1) is 0 Å². The summed E-state index contributed by atoms with van der Waals surface area (Å²) in [6.07, 6.45) is 6.56. The predicted octanol–water partition coefficient (Wildman–Crippen LogP) is 3.05. The minimum absolute atomic E-state index is 0.254. The standard InChI is InChI=1S/C19H15N7O/c27-19(16-4-1-2-9-20-16)25-15-7-5-14(6-8-15)24-17-12-18(22-13-21-17)26-11-3-10-23-26/h1-13H,(H,25,27)(H,21,22,24). The van der Waals surface area contributed by atoms with Crippen LogP contribution in [0, 0.1) is 0 Å². The molecule has 2 N–H and O–H groups in total. The van der Waals surface area contributed by atoms with Crippen molar-refractivity contribution < 1.29 is 4.79 Å². The Kier molecular flexibility index (Phi) is 4.52. The highest BCUT2D eigenvalue weighted by Crippen LogP contribution is 2.18. The highest BCUT2D eigenvalue weighted by Gasteiger charge is 2.07. The van der Waals surface area contributed by atoms with Crippen molar-refractivity contribution >= 4 is 23.1 Å². The zero-order chi connectivity index (χ0) is 18.5. The number of amides is 1. The Morgan fingerprint density at radius 2 is 1.74 bits per heavy atom. The molecule has 0 radical (unpaired) electrons. The molecule has 3 aromatic heterocycles. The Bertz CT molecular complexity index is 1030. The molecule has 0 saturated heterocycles. The Hall–Kier alpha value is -4.07. The van der Waals surface area contributed by atoms with Gasteiger partial charge in [-0.05, 0) is 42.5 Å². The average molecular weight is 357 g/mol. The molecule has 3 heterocycles. The Morgan fingerprint density at radius 3 is 2.48 bits per heavy atom. The van der Waals surface area contributed by atoms with Gasteiger partial charge in [-0.3, -0.25) is 9.78 Å². The van der Waals surface area contributed by atoms with Crippen LogP contribution < -0.4 is 10.6 Å². The largest absolute Gasteiger partial charge is 0.340 e. The summed E-state index contributed by atoms with van der Waals surface area (Å²) in [7, 11) is 0. The maximum atomic E-state index is 12.1. The van der Waals surface area contributed by atoms with E-state index in [2.05, 4.69) is 30.7 Å². The van der Waals surface area contributed by atoms with E-state index in [1.807, 2.05) is 24.4 Å². The van der Waals surface area contributed by atoms with Gasteiger partial charge in [-0.25, -0.2) is 14.6 Å². The number of hydrogen-bond acceptors (Lipinski definition) is 6. The summed E-state index contributed by atoms with van der Waals surface area (Å²) in [6, 6.07) is 16.1. The van der Waals surface area contributed by atoms with E-state index in [0.29, 0.717) is 23.0 Å². The van der Waals surface area contributed by atoms with Gasteiger partial charge < -0.3 is 10.6 Å². The van der Waals surface area contributed by atoms with Crippen molar-refractivity contribution in [1.82, 2.24) is 24.7 Å². The summed E-state index contributed by atoms with van der Waals surface area (Å²) in [5.74, 6) is 1.05. The molecule has 4 aromatic rings. The van der Waals surface area contributed by atoms with Gasteiger partial charge in [0.2, 0.25) is 0 Å². The lowest BCUT2D eigenvalue weighted by atomic mass is 10.2. The Morgan fingerprint density at radius 1 is 0.889 bits per heavy atom. The van der Waals surface area contributed by atoms with Crippen LogP contribution in [0.5, 0.6) is 0 Å². The van der Waals surface area contributed by atoms with Crippen molar-refractivity contribution in [3.05, 3.63) is 85.2 Å². The first-order valence-corrected chi connectivity index (χ1v) is 8.19. The van der Waals surface area contributed by atoms with Crippen molar-refractivity contribution in [1.29, 1.82) is 0 Å². The first-order valence-electron chi connectivity index (χ1n) is 8.19. The molecule has 0 saturated carbocycles. The maximum absolute atomic E-state index is 12.1. The maximum Gasteiger partial charge on any atom is 0.274 e. The van der Waals surface area contributed by atoms with E-state index >= 15 is 0 Å². The fourth-order valence-electron chi connectivity index (χ4n) is 2.42. The van der Waals surface area contributed by atoms with Crippen LogP contribution in [0.4, 0.5) is 17.2 Å². The summed E-state index contributed by atoms with van der Waals surface area (Å²) < 4.78 is 1.66. The monoisotopic (exact) mass is 357 g/mol. The van der Waals surface area contributed by atoms with E-state index in [0.717, 1.165) is 5.69 Å². The van der Waals surface area contributed by atoms with Gasteiger partial charge in [0, 0.05) is 36.0 Å². The van der Waals surface area contributed by atoms with Crippen molar-refractivity contribution in [2.24, 2.45) is 0 Å². The van der Waals surface area contributed by atoms with Crippen LogP contribution in [0.2, 0.25) is 0 Å². The van der Waals surface area contributed by atoms with E-state index < -0.39 is 0 Å². The third kappa shape index (κ3) is 3.96. The van der Waals surface area contributed by atoms with E-state index in [1.165, 1.54) is 6.33 Å². The SMILES string of the molecule is O=C(Nc1ccc(Nc2cc(-n3cccn3)ncn2)cc1)c1ccccn1. The van der Waals surface area contributed by atoms with Crippen molar-refractivity contribution in [2.75, 3.05) is 10.6 Å². The van der Waals surface area contributed by atoms with Crippen LogP contribution in [0.1, 0.15) is 10.5 Å². The second kappa shape index (κ2) is 7.44. The number of nitrogens with one attached hydrogen (secondary N) is 2. The second-order valence-electron chi connectivity index (χ2n) is 5.58. The molecule has 8 nitrogen and oxygen atoms in total. The summed E-state index contributed by atoms with van der Waals surface area (Å²) >= 11 is 0. The molecule has 27 heavy (non-hydrogen) atoms. The van der Waals surface area contributed by atoms with Gasteiger partial charge in [-0.2, -0.15) is 5.10 Å².